The lowest BCUT2D eigenvalue weighted by atomic mass is 10.1. The first-order chi connectivity index (χ1) is 9.47. The minimum absolute atomic E-state index is 0.130. The molecule has 104 valence electrons. The van der Waals surface area contributed by atoms with Gasteiger partial charge in [0, 0.05) is 12.6 Å². The van der Waals surface area contributed by atoms with Crippen LogP contribution in [0.4, 0.5) is 5.69 Å². The molecule has 1 aliphatic rings. The Labute approximate surface area is 125 Å². The number of nitrogens with one attached hydrogen (secondary N) is 1. The van der Waals surface area contributed by atoms with E-state index in [1.807, 2.05) is 36.7 Å². The van der Waals surface area contributed by atoms with Crippen LogP contribution in [0.15, 0.2) is 22.8 Å². The van der Waals surface area contributed by atoms with Crippen LogP contribution in [0, 0.1) is 6.92 Å². The second kappa shape index (κ2) is 4.63. The van der Waals surface area contributed by atoms with Gasteiger partial charge in [-0.1, -0.05) is 0 Å². The van der Waals surface area contributed by atoms with E-state index in [1.54, 1.807) is 6.92 Å². The number of hydrogen-bond acceptors (Lipinski definition) is 3. The molecule has 0 saturated carbocycles. The monoisotopic (exact) mass is 335 g/mol. The predicted octanol–water partition coefficient (Wildman–Crippen LogP) is 2.88. The van der Waals surface area contributed by atoms with E-state index in [1.165, 1.54) is 0 Å². The molecular weight excluding hydrogens is 322 g/mol. The van der Waals surface area contributed by atoms with Gasteiger partial charge >= 0.3 is 0 Å². The van der Waals surface area contributed by atoms with Crippen LogP contribution in [0.2, 0.25) is 0 Å². The van der Waals surface area contributed by atoms with Gasteiger partial charge in [0.25, 0.3) is 5.91 Å². The number of anilines is 1. The number of halogens is 1. The molecular formula is C14H14BrN3O2. The van der Waals surface area contributed by atoms with Gasteiger partial charge in [-0.3, -0.25) is 4.79 Å². The highest BCUT2D eigenvalue weighted by molar-refractivity contribution is 9.10. The van der Waals surface area contributed by atoms with E-state index in [-0.39, 0.29) is 5.91 Å². The fraction of sp³-hybridized carbons (Fsp3) is 0.286. The van der Waals surface area contributed by atoms with Gasteiger partial charge in [0.15, 0.2) is 6.10 Å². The smallest absolute Gasteiger partial charge is 0.265 e. The molecule has 0 saturated heterocycles. The first-order valence-electron chi connectivity index (χ1n) is 6.28. The first-order valence-corrected chi connectivity index (χ1v) is 7.07. The summed E-state index contributed by atoms with van der Waals surface area (Å²) in [6.07, 6.45) is -0.459. The average Bonchev–Trinajstić information content (AvgIpc) is 2.64. The second-order valence-corrected chi connectivity index (χ2v) is 5.57. The molecule has 1 unspecified atom stereocenters. The summed E-state index contributed by atoms with van der Waals surface area (Å²) in [5.41, 5.74) is 2.63. The van der Waals surface area contributed by atoms with Crippen LogP contribution in [-0.4, -0.2) is 21.6 Å². The number of aryl methyl sites for hydroxylation is 1. The molecule has 1 aromatic heterocycles. The lowest BCUT2D eigenvalue weighted by Crippen LogP contribution is -2.34. The third-order valence-corrected chi connectivity index (χ3v) is 4.01. The van der Waals surface area contributed by atoms with Gasteiger partial charge in [-0.2, -0.15) is 0 Å². The van der Waals surface area contributed by atoms with E-state index in [9.17, 15) is 4.79 Å². The van der Waals surface area contributed by atoms with Crippen LogP contribution in [-0.2, 0) is 11.8 Å². The molecule has 2 heterocycles. The highest BCUT2D eigenvalue weighted by Crippen LogP contribution is 2.36. The highest BCUT2D eigenvalue weighted by atomic mass is 79.9. The SMILES string of the molecule is Cc1nc(Br)c(-c2ccc3c(c2)NC(=O)C(C)O3)n1C. The minimum Gasteiger partial charge on any atom is -0.479 e. The third-order valence-electron chi connectivity index (χ3n) is 3.46. The number of aromatic nitrogens is 2. The largest absolute Gasteiger partial charge is 0.479 e. The third kappa shape index (κ3) is 2.00. The normalized spacial score (nSPS) is 17.4. The van der Waals surface area contributed by atoms with E-state index in [0.717, 1.165) is 21.7 Å². The molecule has 6 heteroatoms. The molecule has 1 atom stereocenters. The summed E-state index contributed by atoms with van der Waals surface area (Å²) >= 11 is 3.47. The van der Waals surface area contributed by atoms with Crippen LogP contribution in [0.25, 0.3) is 11.3 Å². The molecule has 0 radical (unpaired) electrons. The molecule has 2 aromatic rings. The standard InChI is InChI=1S/C14H14BrN3O2/c1-7-14(19)17-10-6-9(4-5-11(10)20-7)12-13(15)16-8(2)18(12)3/h4-7H,1-3H3,(H,17,19). The number of fused-ring (bicyclic) bond motifs is 1. The number of carbonyl (C=O) groups is 1. The Morgan fingerprint density at radius 2 is 2.20 bits per heavy atom. The van der Waals surface area contributed by atoms with Gasteiger partial charge < -0.3 is 14.6 Å². The van der Waals surface area contributed by atoms with Crippen molar-refractivity contribution < 1.29 is 9.53 Å². The van der Waals surface area contributed by atoms with Gasteiger partial charge in [-0.15, -0.1) is 0 Å². The molecule has 1 N–H and O–H groups in total. The number of hydrogen-bond donors (Lipinski definition) is 1. The Hall–Kier alpha value is -1.82. The number of carbonyl (C=O) groups excluding carboxylic acids is 1. The van der Waals surface area contributed by atoms with Crippen molar-refractivity contribution in [3.63, 3.8) is 0 Å². The van der Waals surface area contributed by atoms with Crippen molar-refractivity contribution in [2.75, 3.05) is 5.32 Å². The van der Waals surface area contributed by atoms with Gasteiger partial charge in [0.2, 0.25) is 0 Å². The van der Waals surface area contributed by atoms with E-state index >= 15 is 0 Å². The Morgan fingerprint density at radius 1 is 1.45 bits per heavy atom. The molecule has 1 aromatic carbocycles. The maximum atomic E-state index is 11.7. The van der Waals surface area contributed by atoms with Crippen LogP contribution in [0.3, 0.4) is 0 Å². The summed E-state index contributed by atoms with van der Waals surface area (Å²) in [6, 6.07) is 5.74. The maximum Gasteiger partial charge on any atom is 0.265 e. The summed E-state index contributed by atoms with van der Waals surface area (Å²) in [4.78, 5) is 16.1. The predicted molar refractivity (Wildman–Crippen MR) is 79.8 cm³/mol. The fourth-order valence-corrected chi connectivity index (χ4v) is 2.99. The quantitative estimate of drug-likeness (QED) is 0.871. The lowest BCUT2D eigenvalue weighted by molar-refractivity contribution is -0.122. The lowest BCUT2D eigenvalue weighted by Gasteiger charge is -2.23. The van der Waals surface area contributed by atoms with Crippen molar-refractivity contribution in [2.24, 2.45) is 7.05 Å². The first kappa shape index (κ1) is 13.2. The van der Waals surface area contributed by atoms with Gasteiger partial charge in [-0.05, 0) is 48.0 Å². The van der Waals surface area contributed by atoms with E-state index in [0.29, 0.717) is 11.4 Å². The Balaban J connectivity index is 2.09. The number of rotatable bonds is 1. The highest BCUT2D eigenvalue weighted by Gasteiger charge is 2.24. The summed E-state index contributed by atoms with van der Waals surface area (Å²) in [7, 11) is 1.96. The summed E-state index contributed by atoms with van der Waals surface area (Å²) in [6.45, 7) is 3.67. The molecule has 3 rings (SSSR count). The molecule has 0 bridgehead atoms. The number of imidazole rings is 1. The molecule has 1 aliphatic heterocycles. The Kier molecular flexibility index (Phi) is 3.05. The summed E-state index contributed by atoms with van der Waals surface area (Å²) in [5.74, 6) is 1.48. The minimum atomic E-state index is -0.459. The maximum absolute atomic E-state index is 11.7. The zero-order valence-corrected chi connectivity index (χ0v) is 13.0. The van der Waals surface area contributed by atoms with Gasteiger partial charge in [-0.25, -0.2) is 4.98 Å². The fourth-order valence-electron chi connectivity index (χ4n) is 2.24. The van der Waals surface area contributed by atoms with Crippen molar-refractivity contribution in [2.45, 2.75) is 20.0 Å². The Morgan fingerprint density at radius 3 is 2.85 bits per heavy atom. The molecule has 20 heavy (non-hydrogen) atoms. The van der Waals surface area contributed by atoms with Crippen molar-refractivity contribution >= 4 is 27.5 Å². The van der Waals surface area contributed by atoms with Crippen LogP contribution < -0.4 is 10.1 Å². The number of amides is 1. The van der Waals surface area contributed by atoms with Gasteiger partial charge in [0.05, 0.1) is 11.4 Å². The molecule has 5 nitrogen and oxygen atoms in total. The average molecular weight is 336 g/mol. The zero-order valence-electron chi connectivity index (χ0n) is 11.4. The number of ether oxygens (including phenoxy) is 1. The number of benzene rings is 1. The van der Waals surface area contributed by atoms with E-state index in [4.69, 9.17) is 4.74 Å². The zero-order chi connectivity index (χ0) is 14.4. The Bertz CT molecular complexity index is 709. The summed E-state index contributed by atoms with van der Waals surface area (Å²) in [5, 5.41) is 2.86. The molecule has 1 amide bonds. The van der Waals surface area contributed by atoms with Crippen molar-refractivity contribution in [1.29, 1.82) is 0 Å². The second-order valence-electron chi connectivity index (χ2n) is 4.82. The van der Waals surface area contributed by atoms with Crippen molar-refractivity contribution in [3.05, 3.63) is 28.6 Å². The molecule has 0 fully saturated rings. The summed E-state index contributed by atoms with van der Waals surface area (Å²) < 4.78 is 8.34. The van der Waals surface area contributed by atoms with Gasteiger partial charge in [0.1, 0.15) is 16.2 Å². The van der Waals surface area contributed by atoms with E-state index in [2.05, 4.69) is 26.2 Å². The molecule has 0 aliphatic carbocycles. The van der Waals surface area contributed by atoms with E-state index < -0.39 is 6.10 Å². The van der Waals surface area contributed by atoms with Crippen LogP contribution in [0.1, 0.15) is 12.7 Å². The van der Waals surface area contributed by atoms with Crippen LogP contribution in [0.5, 0.6) is 5.75 Å². The number of nitrogens with zero attached hydrogens (tertiary/aromatic N) is 2. The molecule has 0 spiro atoms. The van der Waals surface area contributed by atoms with Crippen molar-refractivity contribution in [3.8, 4) is 17.0 Å². The van der Waals surface area contributed by atoms with Crippen LogP contribution >= 0.6 is 15.9 Å². The van der Waals surface area contributed by atoms with Crippen molar-refractivity contribution in [1.82, 2.24) is 9.55 Å². The topological polar surface area (TPSA) is 56.1 Å².